The zero-order valence-corrected chi connectivity index (χ0v) is 20.6. The third-order valence-electron chi connectivity index (χ3n) is 6.55. The van der Waals surface area contributed by atoms with E-state index >= 15 is 0 Å². The molecule has 0 atom stereocenters. The van der Waals surface area contributed by atoms with Crippen molar-refractivity contribution in [3.63, 3.8) is 0 Å². The molecule has 4 nitrogen and oxygen atoms in total. The fourth-order valence-electron chi connectivity index (χ4n) is 4.55. The summed E-state index contributed by atoms with van der Waals surface area (Å²) in [5.74, 6) is -0.0564. The summed E-state index contributed by atoms with van der Waals surface area (Å²) in [6, 6.07) is 28.7. The maximum atomic E-state index is 13.0. The second kappa shape index (κ2) is 10.0. The van der Waals surface area contributed by atoms with Crippen molar-refractivity contribution < 1.29 is 14.5 Å². The summed E-state index contributed by atoms with van der Waals surface area (Å²) in [6.07, 6.45) is 7.65. The van der Waals surface area contributed by atoms with Crippen molar-refractivity contribution in [2.75, 3.05) is 19.0 Å². The number of hydrogen-bond donors (Lipinski definition) is 1. The van der Waals surface area contributed by atoms with E-state index in [0.29, 0.717) is 11.1 Å². The summed E-state index contributed by atoms with van der Waals surface area (Å²) >= 11 is 0. The first-order valence-electron chi connectivity index (χ1n) is 12.1. The van der Waals surface area contributed by atoms with Crippen LogP contribution in [0.1, 0.15) is 16.7 Å². The van der Waals surface area contributed by atoms with Gasteiger partial charge in [0, 0.05) is 30.9 Å². The van der Waals surface area contributed by atoms with Crippen molar-refractivity contribution in [1.82, 2.24) is 0 Å². The SMILES string of the molecule is C[N+](C)=C1C=CC(=C2C(=O)C(c3ccc(N(Cc4ccccc4)Cc4ccccc4)cc3)=C2O)C=C1. The number of rotatable bonds is 6. The number of hydrogen-bond acceptors (Lipinski definition) is 3. The molecule has 5 rings (SSSR count). The Morgan fingerprint density at radius 1 is 0.694 bits per heavy atom. The van der Waals surface area contributed by atoms with Gasteiger partial charge in [-0.3, -0.25) is 4.79 Å². The number of aliphatic hydroxyl groups excluding tert-OH is 1. The molecular weight excluding hydrogens is 444 g/mol. The third-order valence-corrected chi connectivity index (χ3v) is 6.55. The van der Waals surface area contributed by atoms with Crippen LogP contribution in [0.5, 0.6) is 0 Å². The van der Waals surface area contributed by atoms with Gasteiger partial charge >= 0.3 is 0 Å². The number of carbonyl (C=O) groups excluding carboxylic acids is 1. The van der Waals surface area contributed by atoms with Crippen molar-refractivity contribution in [3.8, 4) is 0 Å². The molecule has 0 radical (unpaired) electrons. The molecule has 2 aliphatic rings. The molecule has 0 heterocycles. The normalized spacial score (nSPS) is 14.8. The fraction of sp³-hybridized carbons (Fsp3) is 0.125. The van der Waals surface area contributed by atoms with Crippen molar-refractivity contribution >= 4 is 22.8 Å². The first kappa shape index (κ1) is 23.3. The summed E-state index contributed by atoms with van der Waals surface area (Å²) < 4.78 is 2.00. The quantitative estimate of drug-likeness (QED) is 0.359. The fourth-order valence-corrected chi connectivity index (χ4v) is 4.55. The minimum absolute atomic E-state index is 0.0655. The molecule has 2 aliphatic carbocycles. The van der Waals surface area contributed by atoms with E-state index in [1.54, 1.807) is 0 Å². The zero-order chi connectivity index (χ0) is 25.1. The van der Waals surface area contributed by atoms with Gasteiger partial charge in [0.25, 0.3) is 0 Å². The van der Waals surface area contributed by atoms with Crippen molar-refractivity contribution in [2.24, 2.45) is 0 Å². The topological polar surface area (TPSA) is 43.5 Å². The monoisotopic (exact) mass is 473 g/mol. The van der Waals surface area contributed by atoms with Crippen LogP contribution in [0.15, 0.2) is 126 Å². The van der Waals surface area contributed by atoms with Crippen LogP contribution < -0.4 is 4.90 Å². The van der Waals surface area contributed by atoms with Crippen LogP contribution in [-0.4, -0.2) is 35.3 Å². The number of ketones is 1. The molecule has 0 aromatic heterocycles. The van der Waals surface area contributed by atoms with Gasteiger partial charge in [0.1, 0.15) is 19.9 Å². The predicted octanol–water partition coefficient (Wildman–Crippen LogP) is 5.88. The number of aliphatic hydroxyl groups is 1. The standard InChI is InChI=1S/C32H28N2O2/c1-33(2)27-17-13-25(14-18-27)29-31(35)30(32(29)36)26-15-19-28(20-16-26)34(21-23-9-5-3-6-10-23)22-24-11-7-4-8-12-24/h3-20H,21-22H2,1-2H3/p+1. The number of anilines is 1. The van der Waals surface area contributed by atoms with E-state index in [1.807, 2.05) is 79.4 Å². The van der Waals surface area contributed by atoms with Gasteiger partial charge in [-0.2, -0.15) is 0 Å². The van der Waals surface area contributed by atoms with Gasteiger partial charge in [0.2, 0.25) is 5.78 Å². The highest BCUT2D eigenvalue weighted by molar-refractivity contribution is 6.39. The number of carbonyl (C=O) groups is 1. The smallest absolute Gasteiger partial charge is 0.201 e. The van der Waals surface area contributed by atoms with Gasteiger partial charge in [-0.1, -0.05) is 72.8 Å². The molecule has 0 bridgehead atoms. The lowest BCUT2D eigenvalue weighted by Gasteiger charge is -2.27. The zero-order valence-electron chi connectivity index (χ0n) is 20.6. The first-order valence-corrected chi connectivity index (χ1v) is 12.1. The van der Waals surface area contributed by atoms with E-state index < -0.39 is 0 Å². The summed E-state index contributed by atoms with van der Waals surface area (Å²) in [4.78, 5) is 15.3. The molecule has 178 valence electrons. The Morgan fingerprint density at radius 3 is 1.69 bits per heavy atom. The second-order valence-corrected chi connectivity index (χ2v) is 9.24. The minimum atomic E-state index is -0.122. The van der Waals surface area contributed by atoms with Crippen LogP contribution in [0.4, 0.5) is 5.69 Å². The molecule has 0 saturated heterocycles. The maximum Gasteiger partial charge on any atom is 0.201 e. The Hall–Kier alpha value is -4.44. The lowest BCUT2D eigenvalue weighted by Crippen LogP contribution is -2.24. The first-order chi connectivity index (χ1) is 17.5. The number of nitrogens with zero attached hydrogens (tertiary/aromatic N) is 2. The highest BCUT2D eigenvalue weighted by Crippen LogP contribution is 2.39. The Kier molecular flexibility index (Phi) is 6.50. The second-order valence-electron chi connectivity index (χ2n) is 9.24. The molecule has 0 fully saturated rings. The van der Waals surface area contributed by atoms with E-state index in [2.05, 4.69) is 53.4 Å². The van der Waals surface area contributed by atoms with Crippen LogP contribution >= 0.6 is 0 Å². The molecule has 3 aromatic rings. The average Bonchev–Trinajstić information content (AvgIpc) is 2.90. The minimum Gasteiger partial charge on any atom is -0.506 e. The van der Waals surface area contributed by atoms with Crippen molar-refractivity contribution in [2.45, 2.75) is 13.1 Å². The molecule has 0 amide bonds. The van der Waals surface area contributed by atoms with Gasteiger partial charge in [-0.05, 0) is 46.5 Å². The van der Waals surface area contributed by atoms with E-state index in [-0.39, 0.29) is 11.5 Å². The van der Waals surface area contributed by atoms with Gasteiger partial charge in [0.05, 0.1) is 11.1 Å². The summed E-state index contributed by atoms with van der Waals surface area (Å²) in [6.45, 7) is 1.53. The number of benzene rings is 3. The van der Waals surface area contributed by atoms with Crippen molar-refractivity contribution in [3.05, 3.63) is 143 Å². The predicted molar refractivity (Wildman–Crippen MR) is 146 cm³/mol. The Bertz CT molecular complexity index is 1380. The van der Waals surface area contributed by atoms with Crippen LogP contribution in [0.25, 0.3) is 5.57 Å². The molecule has 3 aromatic carbocycles. The molecule has 0 aliphatic heterocycles. The van der Waals surface area contributed by atoms with Gasteiger partial charge < -0.3 is 10.0 Å². The average molecular weight is 474 g/mol. The van der Waals surface area contributed by atoms with Gasteiger partial charge in [-0.25, -0.2) is 4.58 Å². The largest absolute Gasteiger partial charge is 0.506 e. The van der Waals surface area contributed by atoms with E-state index in [9.17, 15) is 9.90 Å². The molecular formula is C32H29N2O2+. The van der Waals surface area contributed by atoms with Crippen LogP contribution in [-0.2, 0) is 17.9 Å². The van der Waals surface area contributed by atoms with Crippen LogP contribution in [0.2, 0.25) is 0 Å². The molecule has 4 heteroatoms. The summed E-state index contributed by atoms with van der Waals surface area (Å²) in [7, 11) is 3.94. The van der Waals surface area contributed by atoms with E-state index in [1.165, 1.54) is 11.1 Å². The van der Waals surface area contributed by atoms with Crippen LogP contribution in [0.3, 0.4) is 0 Å². The molecule has 0 spiro atoms. The molecule has 1 N–H and O–H groups in total. The molecule has 0 saturated carbocycles. The Morgan fingerprint density at radius 2 is 1.22 bits per heavy atom. The molecule has 0 unspecified atom stereocenters. The van der Waals surface area contributed by atoms with E-state index in [4.69, 9.17) is 0 Å². The van der Waals surface area contributed by atoms with Crippen molar-refractivity contribution in [1.29, 1.82) is 0 Å². The molecule has 36 heavy (non-hydrogen) atoms. The highest BCUT2D eigenvalue weighted by atomic mass is 16.3. The summed E-state index contributed by atoms with van der Waals surface area (Å²) in [5, 5.41) is 10.8. The third kappa shape index (κ3) is 4.71. The van der Waals surface area contributed by atoms with Gasteiger partial charge in [-0.15, -0.1) is 0 Å². The van der Waals surface area contributed by atoms with E-state index in [0.717, 1.165) is 35.6 Å². The number of allylic oxidation sites excluding steroid dienone is 7. The van der Waals surface area contributed by atoms with Crippen LogP contribution in [0, 0.1) is 0 Å². The lowest BCUT2D eigenvalue weighted by molar-refractivity contribution is -0.462. The maximum absolute atomic E-state index is 13.0. The van der Waals surface area contributed by atoms with Gasteiger partial charge in [0.15, 0.2) is 5.71 Å². The Balaban J connectivity index is 1.41. The lowest BCUT2D eigenvalue weighted by atomic mass is 9.80. The number of Topliss-reactive ketones (excluding diaryl/α,β-unsaturated/α-hetero) is 1. The Labute approximate surface area is 212 Å². The highest BCUT2D eigenvalue weighted by Gasteiger charge is 2.36. The summed E-state index contributed by atoms with van der Waals surface area (Å²) in [5.41, 5.74) is 6.79.